The Morgan fingerprint density at radius 1 is 1.23 bits per heavy atom. The van der Waals surface area contributed by atoms with E-state index in [9.17, 15) is 4.79 Å². The van der Waals surface area contributed by atoms with Gasteiger partial charge >= 0.3 is 6.03 Å². The summed E-state index contributed by atoms with van der Waals surface area (Å²) < 4.78 is 0.972. The molecule has 5 heteroatoms. The van der Waals surface area contributed by atoms with E-state index in [0.29, 0.717) is 0 Å². The molecule has 122 valence electrons. The maximum Gasteiger partial charge on any atom is 0.321 e. The highest BCUT2D eigenvalue weighted by Crippen LogP contribution is 2.17. The Morgan fingerprint density at radius 2 is 1.91 bits per heavy atom. The summed E-state index contributed by atoms with van der Waals surface area (Å²) in [4.78, 5) is 16.7. The van der Waals surface area contributed by atoms with E-state index in [1.807, 2.05) is 29.2 Å². The Bertz CT molecular complexity index is 483. The highest BCUT2D eigenvalue weighted by atomic mass is 79.9. The third-order valence-electron chi connectivity index (χ3n) is 4.41. The number of hydrogen-bond donors (Lipinski definition) is 1. The van der Waals surface area contributed by atoms with E-state index in [4.69, 9.17) is 0 Å². The van der Waals surface area contributed by atoms with Gasteiger partial charge in [-0.1, -0.05) is 48.7 Å². The molecular weight excluding hydrogens is 342 g/mol. The molecule has 2 amide bonds. The van der Waals surface area contributed by atoms with Crippen molar-refractivity contribution < 1.29 is 4.79 Å². The maximum atomic E-state index is 12.3. The van der Waals surface area contributed by atoms with Crippen LogP contribution in [0.2, 0.25) is 0 Å². The summed E-state index contributed by atoms with van der Waals surface area (Å²) in [6, 6.07) is 7.70. The van der Waals surface area contributed by atoms with E-state index in [1.54, 1.807) is 0 Å². The van der Waals surface area contributed by atoms with Crippen molar-refractivity contribution in [2.45, 2.75) is 26.7 Å². The minimum absolute atomic E-state index is 0.000262. The van der Waals surface area contributed by atoms with E-state index in [0.717, 1.165) is 48.8 Å². The predicted molar refractivity (Wildman–Crippen MR) is 95.2 cm³/mol. The fourth-order valence-corrected chi connectivity index (χ4v) is 3.21. The lowest BCUT2D eigenvalue weighted by atomic mass is 10.0. The van der Waals surface area contributed by atoms with Gasteiger partial charge in [0.2, 0.25) is 0 Å². The molecule has 1 aromatic rings. The standard InChI is InChI=1S/C17H26BrN3O/c1-3-14(4-2)13-20-8-10-21(11-9-20)17(22)19-16-7-5-6-15(18)12-16/h5-7,12,14H,3-4,8-11,13H2,1-2H3,(H,19,22). The maximum absolute atomic E-state index is 12.3. The number of nitrogens with zero attached hydrogens (tertiary/aromatic N) is 2. The van der Waals surface area contributed by atoms with Crippen LogP contribution < -0.4 is 5.32 Å². The molecule has 0 unspecified atom stereocenters. The first kappa shape index (κ1) is 17.3. The Balaban J connectivity index is 1.80. The summed E-state index contributed by atoms with van der Waals surface area (Å²) in [7, 11) is 0. The minimum Gasteiger partial charge on any atom is -0.322 e. The van der Waals surface area contributed by atoms with Crippen molar-refractivity contribution in [1.29, 1.82) is 0 Å². The molecule has 1 aromatic carbocycles. The molecule has 0 aliphatic carbocycles. The zero-order valence-electron chi connectivity index (χ0n) is 13.5. The normalized spacial score (nSPS) is 16.1. The summed E-state index contributed by atoms with van der Waals surface area (Å²) in [6.07, 6.45) is 2.47. The number of benzene rings is 1. The van der Waals surface area contributed by atoms with E-state index in [-0.39, 0.29) is 6.03 Å². The molecule has 0 aromatic heterocycles. The van der Waals surface area contributed by atoms with Crippen LogP contribution >= 0.6 is 15.9 Å². The van der Waals surface area contributed by atoms with Crippen molar-refractivity contribution in [3.63, 3.8) is 0 Å². The van der Waals surface area contributed by atoms with Crippen LogP contribution in [0.1, 0.15) is 26.7 Å². The first-order chi connectivity index (χ1) is 10.6. The third kappa shape index (κ3) is 4.99. The average molecular weight is 368 g/mol. The molecule has 0 saturated carbocycles. The minimum atomic E-state index is 0.000262. The summed E-state index contributed by atoms with van der Waals surface area (Å²) in [5.74, 6) is 0.780. The van der Waals surface area contributed by atoms with E-state index < -0.39 is 0 Å². The molecule has 2 rings (SSSR count). The summed E-state index contributed by atoms with van der Waals surface area (Å²) >= 11 is 3.42. The van der Waals surface area contributed by atoms with Gasteiger partial charge in [0, 0.05) is 42.9 Å². The van der Waals surface area contributed by atoms with Gasteiger partial charge in [-0.3, -0.25) is 4.90 Å². The van der Waals surface area contributed by atoms with Crippen LogP contribution in [0.4, 0.5) is 10.5 Å². The molecule has 1 N–H and O–H groups in total. The molecule has 1 heterocycles. The molecule has 0 bridgehead atoms. The molecule has 0 radical (unpaired) electrons. The van der Waals surface area contributed by atoms with Gasteiger partial charge in [0.25, 0.3) is 0 Å². The van der Waals surface area contributed by atoms with Crippen molar-refractivity contribution in [2.75, 3.05) is 38.0 Å². The molecule has 4 nitrogen and oxygen atoms in total. The molecule has 0 atom stereocenters. The fourth-order valence-electron chi connectivity index (χ4n) is 2.81. The SMILES string of the molecule is CCC(CC)CN1CCN(C(=O)Nc2cccc(Br)c2)CC1. The van der Waals surface area contributed by atoms with Crippen LogP contribution in [0.25, 0.3) is 0 Å². The van der Waals surface area contributed by atoms with Gasteiger partial charge in [0.15, 0.2) is 0 Å². The van der Waals surface area contributed by atoms with Crippen molar-refractivity contribution >= 4 is 27.6 Å². The van der Waals surface area contributed by atoms with E-state index in [1.165, 1.54) is 12.8 Å². The van der Waals surface area contributed by atoms with Crippen LogP contribution in [0.3, 0.4) is 0 Å². The van der Waals surface area contributed by atoms with Crippen LogP contribution in [0, 0.1) is 5.92 Å². The Hall–Kier alpha value is -1.07. The number of carbonyl (C=O) groups excluding carboxylic acids is 1. The van der Waals surface area contributed by atoms with Gasteiger partial charge in [-0.15, -0.1) is 0 Å². The first-order valence-corrected chi connectivity index (χ1v) is 8.95. The smallest absolute Gasteiger partial charge is 0.321 e. The average Bonchev–Trinajstić information content (AvgIpc) is 2.53. The largest absolute Gasteiger partial charge is 0.322 e. The quantitative estimate of drug-likeness (QED) is 0.852. The topological polar surface area (TPSA) is 35.6 Å². The Kier molecular flexibility index (Phi) is 6.70. The second-order valence-electron chi connectivity index (χ2n) is 5.91. The van der Waals surface area contributed by atoms with Gasteiger partial charge in [0.05, 0.1) is 0 Å². The number of hydrogen-bond acceptors (Lipinski definition) is 2. The molecule has 1 fully saturated rings. The van der Waals surface area contributed by atoms with Crippen LogP contribution in [-0.2, 0) is 0 Å². The predicted octanol–water partition coefficient (Wildman–Crippen LogP) is 4.03. The van der Waals surface area contributed by atoms with Crippen molar-refractivity contribution in [3.05, 3.63) is 28.7 Å². The van der Waals surface area contributed by atoms with Crippen molar-refractivity contribution in [1.82, 2.24) is 9.80 Å². The van der Waals surface area contributed by atoms with E-state index >= 15 is 0 Å². The fraction of sp³-hybridized carbons (Fsp3) is 0.588. The number of nitrogens with one attached hydrogen (secondary N) is 1. The monoisotopic (exact) mass is 367 g/mol. The number of piperazine rings is 1. The highest BCUT2D eigenvalue weighted by molar-refractivity contribution is 9.10. The highest BCUT2D eigenvalue weighted by Gasteiger charge is 2.22. The molecular formula is C17H26BrN3O. The third-order valence-corrected chi connectivity index (χ3v) is 4.90. The van der Waals surface area contributed by atoms with Crippen molar-refractivity contribution in [3.8, 4) is 0 Å². The van der Waals surface area contributed by atoms with Crippen molar-refractivity contribution in [2.24, 2.45) is 5.92 Å². The van der Waals surface area contributed by atoms with Gasteiger partial charge in [0.1, 0.15) is 0 Å². The second kappa shape index (κ2) is 8.53. The molecule has 1 aliphatic rings. The van der Waals surface area contributed by atoms with Gasteiger partial charge < -0.3 is 10.2 Å². The molecule has 0 spiro atoms. The summed E-state index contributed by atoms with van der Waals surface area (Å²) in [5, 5.41) is 2.97. The number of amides is 2. The lowest BCUT2D eigenvalue weighted by Crippen LogP contribution is -2.50. The number of halogens is 1. The Morgan fingerprint density at radius 3 is 2.50 bits per heavy atom. The zero-order valence-corrected chi connectivity index (χ0v) is 15.1. The number of carbonyl (C=O) groups is 1. The molecule has 1 aliphatic heterocycles. The van der Waals surface area contributed by atoms with Gasteiger partial charge in [-0.2, -0.15) is 0 Å². The van der Waals surface area contributed by atoms with Gasteiger partial charge in [-0.25, -0.2) is 4.79 Å². The lowest BCUT2D eigenvalue weighted by Gasteiger charge is -2.36. The number of rotatable bonds is 5. The summed E-state index contributed by atoms with van der Waals surface area (Å²) in [5.41, 5.74) is 0.832. The number of urea groups is 1. The summed E-state index contributed by atoms with van der Waals surface area (Å²) in [6.45, 7) is 9.24. The van der Waals surface area contributed by atoms with Crippen LogP contribution in [0.15, 0.2) is 28.7 Å². The van der Waals surface area contributed by atoms with E-state index in [2.05, 4.69) is 40.0 Å². The lowest BCUT2D eigenvalue weighted by molar-refractivity contribution is 0.132. The van der Waals surface area contributed by atoms with Crippen LogP contribution in [0.5, 0.6) is 0 Å². The zero-order chi connectivity index (χ0) is 15.9. The first-order valence-electron chi connectivity index (χ1n) is 8.16. The van der Waals surface area contributed by atoms with Crippen LogP contribution in [-0.4, -0.2) is 48.6 Å². The second-order valence-corrected chi connectivity index (χ2v) is 6.83. The Labute approximate surface area is 142 Å². The number of anilines is 1. The molecule has 1 saturated heterocycles. The van der Waals surface area contributed by atoms with Gasteiger partial charge in [-0.05, 0) is 24.1 Å². The molecule has 22 heavy (non-hydrogen) atoms.